The fourth-order valence-corrected chi connectivity index (χ4v) is 0.563. The smallest absolute Gasteiger partial charge is 0.118 e. The number of phenolic OH excluding ortho intramolecular Hbond substituents is 1. The molecule has 0 amide bonds. The van der Waals surface area contributed by atoms with Gasteiger partial charge in [0.2, 0.25) is 0 Å². The summed E-state index contributed by atoms with van der Waals surface area (Å²) in [6.07, 6.45) is 0. The third-order valence-corrected chi connectivity index (χ3v) is 1.12. The maximum atomic E-state index is 8.92. The molecule has 9 heavy (non-hydrogen) atoms. The molecule has 0 aromatic heterocycles. The van der Waals surface area contributed by atoms with Gasteiger partial charge < -0.3 is 5.11 Å². The molecule has 0 atom stereocenters. The molecule has 0 saturated carbocycles. The molecule has 0 fully saturated rings. The number of benzene rings is 1. The summed E-state index contributed by atoms with van der Waals surface area (Å²) in [6, 6.07) is 7.25. The number of hydrogen-bond acceptors (Lipinski definition) is 1. The average Bonchev–Trinajstić information content (AvgIpc) is 1.77. The Labute approximate surface area is 66.9 Å². The Morgan fingerprint density at radius 2 is 1.78 bits per heavy atom. The van der Waals surface area contributed by atoms with Crippen molar-refractivity contribution in [3.8, 4) is 5.75 Å². The van der Waals surface area contributed by atoms with Crippen molar-refractivity contribution in [3.63, 3.8) is 0 Å². The van der Waals surface area contributed by atoms with E-state index < -0.39 is 0 Å². The Kier molecular flexibility index (Phi) is 3.45. The van der Waals surface area contributed by atoms with E-state index in [1.54, 1.807) is 6.07 Å². The molecular weight excluding hydrogens is 107 g/mol. The molecule has 0 spiro atoms. The minimum absolute atomic E-state index is 0. The first-order valence-corrected chi connectivity index (χ1v) is 2.55. The van der Waals surface area contributed by atoms with Crippen LogP contribution < -0.4 is 0 Å². The molecular formula is C7H8LiO. The number of phenols is 1. The van der Waals surface area contributed by atoms with Gasteiger partial charge in [0.1, 0.15) is 5.75 Å². The molecule has 2 heteroatoms. The third kappa shape index (κ3) is 2.13. The minimum atomic E-state index is 0. The zero-order valence-corrected chi connectivity index (χ0v) is 5.76. The largest absolute Gasteiger partial charge is 0.508 e. The molecule has 0 heterocycles. The van der Waals surface area contributed by atoms with E-state index in [4.69, 9.17) is 5.11 Å². The monoisotopic (exact) mass is 115 g/mol. The molecule has 1 radical (unpaired) electrons. The number of aryl methyl sites for hydroxylation is 1. The summed E-state index contributed by atoms with van der Waals surface area (Å²) in [5.74, 6) is 0.368. The van der Waals surface area contributed by atoms with Gasteiger partial charge in [-0.15, -0.1) is 0 Å². The summed E-state index contributed by atoms with van der Waals surface area (Å²) in [7, 11) is 0. The molecule has 0 unspecified atom stereocenters. The predicted molar refractivity (Wildman–Crippen MR) is 38.6 cm³/mol. The summed E-state index contributed by atoms with van der Waals surface area (Å²) >= 11 is 0. The topological polar surface area (TPSA) is 20.2 Å². The van der Waals surface area contributed by atoms with Crippen molar-refractivity contribution in [2.75, 3.05) is 0 Å². The fraction of sp³-hybridized carbons (Fsp3) is 0.143. The molecule has 0 aliphatic rings. The van der Waals surface area contributed by atoms with Crippen LogP contribution in [0, 0.1) is 6.92 Å². The second-order valence-electron chi connectivity index (χ2n) is 1.79. The summed E-state index contributed by atoms with van der Waals surface area (Å²) in [5.41, 5.74) is 0.924. The number of para-hydroxylation sites is 1. The number of aromatic hydroxyl groups is 1. The average molecular weight is 115 g/mol. The molecule has 0 aliphatic carbocycles. The van der Waals surface area contributed by atoms with Gasteiger partial charge in [-0.3, -0.25) is 0 Å². The number of hydrogen-bond donors (Lipinski definition) is 1. The van der Waals surface area contributed by atoms with Gasteiger partial charge in [-0.25, -0.2) is 0 Å². The second-order valence-corrected chi connectivity index (χ2v) is 1.79. The Morgan fingerprint density at radius 1 is 1.22 bits per heavy atom. The quantitative estimate of drug-likeness (QED) is 0.505. The summed E-state index contributed by atoms with van der Waals surface area (Å²) < 4.78 is 0. The maximum Gasteiger partial charge on any atom is 0.118 e. The van der Waals surface area contributed by atoms with Crippen LogP contribution in [0.25, 0.3) is 0 Å². The van der Waals surface area contributed by atoms with Crippen molar-refractivity contribution < 1.29 is 5.11 Å². The Morgan fingerprint density at radius 3 is 2.11 bits per heavy atom. The number of rotatable bonds is 0. The van der Waals surface area contributed by atoms with E-state index in [1.165, 1.54) is 0 Å². The van der Waals surface area contributed by atoms with Crippen LogP contribution in [0.1, 0.15) is 5.56 Å². The van der Waals surface area contributed by atoms with E-state index in [2.05, 4.69) is 0 Å². The SMILES string of the molecule is Cc1ccccc1O.[Li]. The predicted octanol–water partition coefficient (Wildman–Crippen LogP) is 1.32. The van der Waals surface area contributed by atoms with E-state index >= 15 is 0 Å². The van der Waals surface area contributed by atoms with Crippen LogP contribution in [0.5, 0.6) is 5.75 Å². The van der Waals surface area contributed by atoms with Gasteiger partial charge in [0, 0.05) is 18.9 Å². The van der Waals surface area contributed by atoms with Gasteiger partial charge in [0.05, 0.1) is 0 Å². The van der Waals surface area contributed by atoms with Crippen molar-refractivity contribution in [3.05, 3.63) is 29.8 Å². The van der Waals surface area contributed by atoms with Gasteiger partial charge in [0.15, 0.2) is 0 Å². The molecule has 1 nitrogen and oxygen atoms in total. The van der Waals surface area contributed by atoms with Gasteiger partial charge >= 0.3 is 0 Å². The van der Waals surface area contributed by atoms with Crippen LogP contribution in [0.2, 0.25) is 0 Å². The normalized spacial score (nSPS) is 8.11. The first-order chi connectivity index (χ1) is 3.80. The summed E-state index contributed by atoms with van der Waals surface area (Å²) in [5, 5.41) is 8.92. The zero-order valence-electron chi connectivity index (χ0n) is 5.76. The van der Waals surface area contributed by atoms with Crippen LogP contribution in [-0.4, -0.2) is 24.0 Å². The molecule has 43 valence electrons. The standard InChI is InChI=1S/C7H8O.Li/c1-6-4-2-3-5-7(6)8;/h2-5,8H,1H3;. The van der Waals surface area contributed by atoms with Crippen molar-refractivity contribution in [1.29, 1.82) is 0 Å². The summed E-state index contributed by atoms with van der Waals surface area (Å²) in [4.78, 5) is 0. The van der Waals surface area contributed by atoms with Crippen molar-refractivity contribution in [2.45, 2.75) is 6.92 Å². The van der Waals surface area contributed by atoms with Gasteiger partial charge in [-0.05, 0) is 18.6 Å². The first kappa shape index (κ1) is 8.62. The fourth-order valence-electron chi connectivity index (χ4n) is 0.563. The molecule has 0 saturated heterocycles. The van der Waals surface area contributed by atoms with Crippen LogP contribution in [-0.2, 0) is 0 Å². The summed E-state index contributed by atoms with van der Waals surface area (Å²) in [6.45, 7) is 1.87. The molecule has 1 aromatic rings. The maximum absolute atomic E-state index is 8.92. The Balaban J connectivity index is 0.000000640. The van der Waals surface area contributed by atoms with Crippen LogP contribution in [0.4, 0.5) is 0 Å². The minimum Gasteiger partial charge on any atom is -0.508 e. The van der Waals surface area contributed by atoms with Crippen molar-refractivity contribution in [2.24, 2.45) is 0 Å². The third-order valence-electron chi connectivity index (χ3n) is 1.12. The van der Waals surface area contributed by atoms with E-state index in [1.807, 2.05) is 25.1 Å². The van der Waals surface area contributed by atoms with Crippen LogP contribution in [0.3, 0.4) is 0 Å². The van der Waals surface area contributed by atoms with E-state index in [0.29, 0.717) is 5.75 Å². The van der Waals surface area contributed by atoms with Crippen LogP contribution in [0.15, 0.2) is 24.3 Å². The van der Waals surface area contributed by atoms with Crippen molar-refractivity contribution >= 4 is 18.9 Å². The van der Waals surface area contributed by atoms with Gasteiger partial charge in [-0.1, -0.05) is 18.2 Å². The molecule has 0 bridgehead atoms. The van der Waals surface area contributed by atoms with Gasteiger partial charge in [-0.2, -0.15) is 0 Å². The molecule has 1 N–H and O–H groups in total. The first-order valence-electron chi connectivity index (χ1n) is 2.55. The van der Waals surface area contributed by atoms with E-state index in [0.717, 1.165) is 5.56 Å². The zero-order chi connectivity index (χ0) is 5.98. The van der Waals surface area contributed by atoms with Gasteiger partial charge in [0.25, 0.3) is 0 Å². The molecule has 1 rings (SSSR count). The van der Waals surface area contributed by atoms with E-state index in [-0.39, 0.29) is 18.9 Å². The van der Waals surface area contributed by atoms with Crippen molar-refractivity contribution in [1.82, 2.24) is 0 Å². The molecule has 1 aromatic carbocycles. The Hall–Kier alpha value is -0.383. The second kappa shape index (κ2) is 3.61. The van der Waals surface area contributed by atoms with E-state index in [9.17, 15) is 0 Å². The Bertz CT molecular complexity index is 165. The molecule has 0 aliphatic heterocycles. The van der Waals surface area contributed by atoms with Crippen LogP contribution >= 0.6 is 0 Å².